The van der Waals surface area contributed by atoms with Crippen LogP contribution in [0.15, 0.2) is 90.0 Å². The summed E-state index contributed by atoms with van der Waals surface area (Å²) in [6, 6.07) is 21.0. The van der Waals surface area contributed by atoms with E-state index in [1.165, 1.54) is 42.3 Å². The molecule has 5 aromatic rings. The van der Waals surface area contributed by atoms with Gasteiger partial charge in [0.25, 0.3) is 5.95 Å². The number of carbonyl (C=O) groups is 2. The summed E-state index contributed by atoms with van der Waals surface area (Å²) in [6.07, 6.45) is 3.75. The second-order valence-electron chi connectivity index (χ2n) is 10.6. The van der Waals surface area contributed by atoms with Gasteiger partial charge < -0.3 is 15.4 Å². The molecule has 0 aliphatic heterocycles. The third kappa shape index (κ3) is 7.56. The Kier molecular flexibility index (Phi) is 9.73. The summed E-state index contributed by atoms with van der Waals surface area (Å²) in [6.45, 7) is 0.627. The van der Waals surface area contributed by atoms with Gasteiger partial charge in [-0.1, -0.05) is 24.3 Å². The summed E-state index contributed by atoms with van der Waals surface area (Å²) in [5, 5.41) is 10.5. The number of nitrogens with zero attached hydrogens (tertiary/aromatic N) is 4. The van der Waals surface area contributed by atoms with Crippen LogP contribution >= 0.6 is 0 Å². The van der Waals surface area contributed by atoms with Crippen LogP contribution in [0.3, 0.4) is 0 Å². The Bertz CT molecular complexity index is 1980. The number of hydrogen-bond donors (Lipinski definition) is 2. The highest BCUT2D eigenvalue weighted by molar-refractivity contribution is 7.90. The van der Waals surface area contributed by atoms with E-state index in [-0.39, 0.29) is 47.1 Å². The van der Waals surface area contributed by atoms with E-state index in [0.717, 1.165) is 17.4 Å². The molecule has 0 atom stereocenters. The molecule has 2 N–H and O–H groups in total. The maximum absolute atomic E-state index is 13.5. The van der Waals surface area contributed by atoms with Gasteiger partial charge in [0.1, 0.15) is 11.6 Å². The molecule has 11 nitrogen and oxygen atoms in total. The largest absolute Gasteiger partial charge is 0.495 e. The number of methoxy groups -OCH3 is 1. The Morgan fingerprint density at radius 2 is 1.70 bits per heavy atom. The number of ether oxygens (including phenoxy) is 1. The van der Waals surface area contributed by atoms with Crippen LogP contribution in [0.25, 0.3) is 16.8 Å². The molecule has 0 saturated heterocycles. The number of pyridine rings is 1. The average Bonchev–Trinajstić information content (AvgIpc) is 3.45. The molecule has 0 unspecified atom stereocenters. The molecule has 3 aromatic carbocycles. The zero-order chi connectivity index (χ0) is 32.8. The van der Waals surface area contributed by atoms with Crippen LogP contribution in [-0.4, -0.2) is 61.8 Å². The molecule has 46 heavy (non-hydrogen) atoms. The lowest BCUT2D eigenvalue weighted by Crippen LogP contribution is -2.28. The maximum atomic E-state index is 13.5. The minimum absolute atomic E-state index is 0.0572. The van der Waals surface area contributed by atoms with E-state index in [0.29, 0.717) is 35.6 Å². The van der Waals surface area contributed by atoms with E-state index < -0.39 is 9.84 Å². The Morgan fingerprint density at radius 3 is 2.37 bits per heavy atom. The molecule has 2 aromatic heterocycles. The number of benzene rings is 3. The second-order valence-corrected chi connectivity index (χ2v) is 12.6. The van der Waals surface area contributed by atoms with Crippen LogP contribution in [0.1, 0.15) is 18.4 Å². The van der Waals surface area contributed by atoms with Gasteiger partial charge in [-0.25, -0.2) is 22.2 Å². The van der Waals surface area contributed by atoms with E-state index in [4.69, 9.17) is 4.74 Å². The molecule has 0 spiro atoms. The van der Waals surface area contributed by atoms with Crippen molar-refractivity contribution in [1.29, 1.82) is 0 Å². The van der Waals surface area contributed by atoms with Crippen molar-refractivity contribution in [3.63, 3.8) is 0 Å². The van der Waals surface area contributed by atoms with Crippen LogP contribution in [0.5, 0.6) is 5.75 Å². The molecule has 0 saturated carbocycles. The fourth-order valence-corrected chi connectivity index (χ4v) is 5.47. The van der Waals surface area contributed by atoms with Gasteiger partial charge in [0.05, 0.1) is 24.1 Å². The van der Waals surface area contributed by atoms with Crippen molar-refractivity contribution in [2.75, 3.05) is 37.2 Å². The van der Waals surface area contributed by atoms with Gasteiger partial charge in [0, 0.05) is 36.2 Å². The lowest BCUT2D eigenvalue weighted by molar-refractivity contribution is -0.118. The standard InChI is InChI=1S/C33H33FN6O5S/c1-35-18-4-5-32(42)40(28-16-15-27(46(3,43)44)20-29(28)45-2)33-37-30-17-10-24(21-39(30)38-33)23-8-13-26(14-9-23)36-31(41)19-22-6-11-25(34)12-7-22/h6-17,20-21,35H,4-5,18-19H2,1-3H3,(H,36,41). The van der Waals surface area contributed by atoms with Gasteiger partial charge in [-0.05, 0) is 79.7 Å². The number of fused-ring (bicyclic) bond motifs is 1. The van der Waals surface area contributed by atoms with Crippen molar-refractivity contribution in [1.82, 2.24) is 19.9 Å². The van der Waals surface area contributed by atoms with E-state index in [2.05, 4.69) is 20.7 Å². The molecule has 13 heteroatoms. The Labute approximate surface area is 266 Å². The van der Waals surface area contributed by atoms with Crippen LogP contribution in [0, 0.1) is 5.82 Å². The minimum atomic E-state index is -3.51. The van der Waals surface area contributed by atoms with E-state index >= 15 is 0 Å². The molecule has 0 radical (unpaired) electrons. The number of nitrogens with one attached hydrogen (secondary N) is 2. The number of halogens is 1. The molecule has 2 amide bonds. The quantitative estimate of drug-likeness (QED) is 0.185. The monoisotopic (exact) mass is 644 g/mol. The predicted molar refractivity (Wildman–Crippen MR) is 174 cm³/mol. The van der Waals surface area contributed by atoms with E-state index in [1.54, 1.807) is 48.1 Å². The topological polar surface area (TPSA) is 135 Å². The van der Waals surface area contributed by atoms with Gasteiger partial charge >= 0.3 is 0 Å². The SMILES string of the molecule is CNCCCC(=O)N(c1nc2ccc(-c3ccc(NC(=O)Cc4ccc(F)cc4)cc3)cn2n1)c1ccc(S(C)(=O)=O)cc1OC. The van der Waals surface area contributed by atoms with Gasteiger partial charge in [0.2, 0.25) is 11.8 Å². The lowest BCUT2D eigenvalue weighted by atomic mass is 10.1. The maximum Gasteiger partial charge on any atom is 0.257 e. The normalized spacial score (nSPS) is 11.4. The number of aromatic nitrogens is 3. The Balaban J connectivity index is 1.41. The highest BCUT2D eigenvalue weighted by atomic mass is 32.2. The van der Waals surface area contributed by atoms with Gasteiger partial charge in [-0.3, -0.25) is 9.59 Å². The van der Waals surface area contributed by atoms with Crippen molar-refractivity contribution in [3.8, 4) is 16.9 Å². The van der Waals surface area contributed by atoms with E-state index in [9.17, 15) is 22.4 Å². The zero-order valence-corrected chi connectivity index (χ0v) is 26.3. The summed E-state index contributed by atoms with van der Waals surface area (Å²) in [5.41, 5.74) is 3.80. The van der Waals surface area contributed by atoms with Crippen molar-refractivity contribution < 1.29 is 27.1 Å². The molecule has 5 rings (SSSR count). The van der Waals surface area contributed by atoms with Gasteiger partial charge in [-0.2, -0.15) is 4.98 Å². The van der Waals surface area contributed by atoms with E-state index in [1.807, 2.05) is 18.2 Å². The third-order valence-electron chi connectivity index (χ3n) is 7.19. The number of amides is 2. The number of rotatable bonds is 12. The first-order valence-electron chi connectivity index (χ1n) is 14.4. The summed E-state index contributed by atoms with van der Waals surface area (Å²) < 4.78 is 44.6. The van der Waals surface area contributed by atoms with Crippen molar-refractivity contribution in [3.05, 3.63) is 96.4 Å². The number of anilines is 3. The molecular formula is C33H33FN6O5S. The molecule has 0 fully saturated rings. The fraction of sp³-hybridized carbons (Fsp3) is 0.212. The van der Waals surface area contributed by atoms with Crippen LogP contribution < -0.4 is 20.3 Å². The molecular weight excluding hydrogens is 611 g/mol. The fourth-order valence-electron chi connectivity index (χ4n) is 4.83. The van der Waals surface area contributed by atoms with Crippen molar-refractivity contribution >= 4 is 44.6 Å². The number of carbonyl (C=O) groups excluding carboxylic acids is 2. The van der Waals surface area contributed by atoms with Crippen LogP contribution in [0.4, 0.5) is 21.7 Å². The minimum Gasteiger partial charge on any atom is -0.495 e. The highest BCUT2D eigenvalue weighted by Gasteiger charge is 2.26. The van der Waals surface area contributed by atoms with Gasteiger partial charge in [-0.15, -0.1) is 5.10 Å². The molecule has 2 heterocycles. The molecule has 0 aliphatic rings. The van der Waals surface area contributed by atoms with Crippen LogP contribution in [0.2, 0.25) is 0 Å². The predicted octanol–water partition coefficient (Wildman–Crippen LogP) is 4.79. The highest BCUT2D eigenvalue weighted by Crippen LogP contribution is 2.35. The molecule has 238 valence electrons. The average molecular weight is 645 g/mol. The molecule has 0 aliphatic carbocycles. The Hall–Kier alpha value is -5.14. The summed E-state index contributed by atoms with van der Waals surface area (Å²) in [4.78, 5) is 32.0. The third-order valence-corrected chi connectivity index (χ3v) is 8.30. The first-order valence-corrected chi connectivity index (χ1v) is 16.3. The summed E-state index contributed by atoms with van der Waals surface area (Å²) in [5.74, 6) is -0.560. The van der Waals surface area contributed by atoms with Crippen LogP contribution in [-0.2, 0) is 25.8 Å². The smallest absolute Gasteiger partial charge is 0.257 e. The lowest BCUT2D eigenvalue weighted by Gasteiger charge is -2.22. The first-order chi connectivity index (χ1) is 22.0. The molecule has 0 bridgehead atoms. The second kappa shape index (κ2) is 13.9. The summed E-state index contributed by atoms with van der Waals surface area (Å²) in [7, 11) is -0.310. The first kappa shape index (κ1) is 32.3. The number of hydrogen-bond acceptors (Lipinski definition) is 8. The van der Waals surface area contributed by atoms with Gasteiger partial charge in [0.15, 0.2) is 15.5 Å². The number of sulfone groups is 1. The zero-order valence-electron chi connectivity index (χ0n) is 25.5. The summed E-state index contributed by atoms with van der Waals surface area (Å²) >= 11 is 0. The van der Waals surface area contributed by atoms with Crippen molar-refractivity contribution in [2.24, 2.45) is 0 Å². The Morgan fingerprint density at radius 1 is 0.978 bits per heavy atom. The van der Waals surface area contributed by atoms with Crippen molar-refractivity contribution in [2.45, 2.75) is 24.2 Å².